The number of hydrogen-bond acceptors (Lipinski definition) is 3. The summed E-state index contributed by atoms with van der Waals surface area (Å²) in [5.74, 6) is 0. The van der Waals surface area contributed by atoms with Crippen molar-refractivity contribution >= 4 is 0 Å². The van der Waals surface area contributed by atoms with Gasteiger partial charge in [-0.05, 0) is 48.9 Å². The second kappa shape index (κ2) is 4.98. The molecule has 3 rings (SSSR count). The van der Waals surface area contributed by atoms with E-state index in [1.54, 1.807) is 18.6 Å². The van der Waals surface area contributed by atoms with Crippen LogP contribution < -0.4 is 0 Å². The molecular formula is C16H13N3. The molecule has 0 radical (unpaired) electrons. The third-order valence-electron chi connectivity index (χ3n) is 2.90. The molecule has 0 bridgehead atoms. The quantitative estimate of drug-likeness (QED) is 0.695. The van der Waals surface area contributed by atoms with Gasteiger partial charge in [-0.25, -0.2) is 4.98 Å². The largest absolute Gasteiger partial charge is 0.265 e. The Hall–Kier alpha value is -2.55. The van der Waals surface area contributed by atoms with Crippen molar-refractivity contribution in [2.45, 2.75) is 6.92 Å². The molecule has 3 heterocycles. The molecule has 92 valence electrons. The van der Waals surface area contributed by atoms with Crippen LogP contribution in [0.2, 0.25) is 0 Å². The smallest absolute Gasteiger partial charge is 0.0727 e. The minimum absolute atomic E-state index is 0.944. The first kappa shape index (κ1) is 11.5. The van der Waals surface area contributed by atoms with E-state index in [1.165, 1.54) is 5.56 Å². The lowest BCUT2D eigenvalue weighted by atomic mass is 10.1. The zero-order chi connectivity index (χ0) is 13.1. The van der Waals surface area contributed by atoms with E-state index in [-0.39, 0.29) is 0 Å². The standard InChI is InChI=1S/C16H13N3/c1-12-9-15(13-4-7-17-8-5-13)19-16(10-12)14-3-2-6-18-11-14/h2-11H,1H3. The summed E-state index contributed by atoms with van der Waals surface area (Å²) < 4.78 is 0. The summed E-state index contributed by atoms with van der Waals surface area (Å²) in [6.07, 6.45) is 7.16. The maximum atomic E-state index is 4.71. The molecule has 0 aliphatic heterocycles. The first-order valence-electron chi connectivity index (χ1n) is 6.12. The van der Waals surface area contributed by atoms with Gasteiger partial charge in [0.15, 0.2) is 0 Å². The lowest BCUT2D eigenvalue weighted by Gasteiger charge is -2.06. The average Bonchev–Trinajstić information content (AvgIpc) is 2.48. The zero-order valence-corrected chi connectivity index (χ0v) is 10.6. The molecule has 0 fully saturated rings. The van der Waals surface area contributed by atoms with E-state index in [0.29, 0.717) is 0 Å². The highest BCUT2D eigenvalue weighted by Crippen LogP contribution is 2.23. The van der Waals surface area contributed by atoms with Crippen molar-refractivity contribution in [1.29, 1.82) is 0 Å². The van der Waals surface area contributed by atoms with Gasteiger partial charge in [0.05, 0.1) is 11.4 Å². The van der Waals surface area contributed by atoms with E-state index in [1.807, 2.05) is 30.5 Å². The predicted molar refractivity (Wildman–Crippen MR) is 75.4 cm³/mol. The maximum absolute atomic E-state index is 4.71. The minimum atomic E-state index is 0.944. The third-order valence-corrected chi connectivity index (χ3v) is 2.90. The molecule has 0 saturated carbocycles. The van der Waals surface area contributed by atoms with Crippen molar-refractivity contribution < 1.29 is 0 Å². The second-order valence-electron chi connectivity index (χ2n) is 4.39. The topological polar surface area (TPSA) is 38.7 Å². The Morgan fingerprint density at radius 3 is 2.21 bits per heavy atom. The maximum Gasteiger partial charge on any atom is 0.0727 e. The second-order valence-corrected chi connectivity index (χ2v) is 4.39. The summed E-state index contributed by atoms with van der Waals surface area (Å²) in [4.78, 5) is 12.9. The van der Waals surface area contributed by atoms with Gasteiger partial charge >= 0.3 is 0 Å². The highest BCUT2D eigenvalue weighted by Gasteiger charge is 2.05. The summed E-state index contributed by atoms with van der Waals surface area (Å²) in [7, 11) is 0. The molecule has 3 aromatic heterocycles. The molecule has 0 aliphatic rings. The van der Waals surface area contributed by atoms with Gasteiger partial charge in [0.1, 0.15) is 0 Å². The molecule has 0 N–H and O–H groups in total. The van der Waals surface area contributed by atoms with Gasteiger partial charge in [0, 0.05) is 35.9 Å². The van der Waals surface area contributed by atoms with E-state index in [2.05, 4.69) is 29.0 Å². The van der Waals surface area contributed by atoms with Gasteiger partial charge in [-0.1, -0.05) is 0 Å². The summed E-state index contributed by atoms with van der Waals surface area (Å²) in [5, 5.41) is 0. The molecule has 0 unspecified atom stereocenters. The molecule has 0 aliphatic carbocycles. The predicted octanol–water partition coefficient (Wildman–Crippen LogP) is 3.51. The fourth-order valence-corrected chi connectivity index (χ4v) is 2.00. The Bertz CT molecular complexity index is 621. The molecule has 0 spiro atoms. The van der Waals surface area contributed by atoms with Crippen LogP contribution in [0.25, 0.3) is 22.5 Å². The number of aryl methyl sites for hydroxylation is 1. The van der Waals surface area contributed by atoms with Crippen molar-refractivity contribution in [2.24, 2.45) is 0 Å². The third kappa shape index (κ3) is 2.50. The van der Waals surface area contributed by atoms with Gasteiger partial charge in [-0.15, -0.1) is 0 Å². The zero-order valence-electron chi connectivity index (χ0n) is 10.6. The fraction of sp³-hybridized carbons (Fsp3) is 0.0625. The van der Waals surface area contributed by atoms with Crippen LogP contribution in [-0.4, -0.2) is 15.0 Å². The SMILES string of the molecule is Cc1cc(-c2ccncc2)nc(-c2cccnc2)c1. The Kier molecular flexibility index (Phi) is 3.02. The van der Waals surface area contributed by atoms with Gasteiger partial charge < -0.3 is 0 Å². The van der Waals surface area contributed by atoms with Crippen molar-refractivity contribution in [3.63, 3.8) is 0 Å². The number of hydrogen-bond donors (Lipinski definition) is 0. The van der Waals surface area contributed by atoms with E-state index >= 15 is 0 Å². The number of rotatable bonds is 2. The molecule has 3 nitrogen and oxygen atoms in total. The van der Waals surface area contributed by atoms with Crippen molar-refractivity contribution in [3.8, 4) is 22.5 Å². The lowest BCUT2D eigenvalue weighted by Crippen LogP contribution is -1.90. The van der Waals surface area contributed by atoms with Crippen LogP contribution >= 0.6 is 0 Å². The lowest BCUT2D eigenvalue weighted by molar-refractivity contribution is 1.25. The van der Waals surface area contributed by atoms with Crippen LogP contribution in [0.4, 0.5) is 0 Å². The Labute approximate surface area is 112 Å². The fourth-order valence-electron chi connectivity index (χ4n) is 2.00. The van der Waals surface area contributed by atoms with Gasteiger partial charge in [-0.2, -0.15) is 0 Å². The van der Waals surface area contributed by atoms with Crippen molar-refractivity contribution in [1.82, 2.24) is 15.0 Å². The minimum Gasteiger partial charge on any atom is -0.265 e. The first-order valence-corrected chi connectivity index (χ1v) is 6.12. The van der Waals surface area contributed by atoms with Gasteiger partial charge in [0.2, 0.25) is 0 Å². The molecule has 0 amide bonds. The molecule has 3 heteroatoms. The van der Waals surface area contributed by atoms with Crippen LogP contribution in [0, 0.1) is 6.92 Å². The van der Waals surface area contributed by atoms with E-state index in [9.17, 15) is 0 Å². The normalized spacial score (nSPS) is 10.4. The van der Waals surface area contributed by atoms with Crippen LogP contribution in [-0.2, 0) is 0 Å². The Morgan fingerprint density at radius 1 is 0.789 bits per heavy atom. The van der Waals surface area contributed by atoms with Crippen molar-refractivity contribution in [3.05, 3.63) is 66.7 Å². The Balaban J connectivity index is 2.12. The summed E-state index contributed by atoms with van der Waals surface area (Å²) in [6, 6.07) is 12.0. The van der Waals surface area contributed by atoms with Crippen LogP contribution in [0.15, 0.2) is 61.2 Å². The van der Waals surface area contributed by atoms with Gasteiger partial charge in [-0.3, -0.25) is 9.97 Å². The molecule has 0 atom stereocenters. The molecule has 0 saturated heterocycles. The highest BCUT2D eigenvalue weighted by molar-refractivity contribution is 5.66. The molecule has 3 aromatic rings. The number of pyridine rings is 3. The van der Waals surface area contributed by atoms with Crippen LogP contribution in [0.3, 0.4) is 0 Å². The number of aromatic nitrogens is 3. The highest BCUT2D eigenvalue weighted by atomic mass is 14.7. The summed E-state index contributed by atoms with van der Waals surface area (Å²) >= 11 is 0. The van der Waals surface area contributed by atoms with Crippen molar-refractivity contribution in [2.75, 3.05) is 0 Å². The van der Waals surface area contributed by atoms with Gasteiger partial charge in [0.25, 0.3) is 0 Å². The van der Waals surface area contributed by atoms with E-state index < -0.39 is 0 Å². The van der Waals surface area contributed by atoms with Crippen LogP contribution in [0.1, 0.15) is 5.56 Å². The molecule has 19 heavy (non-hydrogen) atoms. The van der Waals surface area contributed by atoms with E-state index in [4.69, 9.17) is 4.98 Å². The van der Waals surface area contributed by atoms with E-state index in [0.717, 1.165) is 22.5 Å². The Morgan fingerprint density at radius 2 is 1.53 bits per heavy atom. The first-order chi connectivity index (χ1) is 9.33. The summed E-state index contributed by atoms with van der Waals surface area (Å²) in [5.41, 5.74) is 5.19. The molecular weight excluding hydrogens is 234 g/mol. The monoisotopic (exact) mass is 247 g/mol. The number of nitrogens with zero attached hydrogens (tertiary/aromatic N) is 3. The average molecular weight is 247 g/mol. The van der Waals surface area contributed by atoms with Crippen LogP contribution in [0.5, 0.6) is 0 Å². The molecule has 0 aromatic carbocycles. The summed E-state index contributed by atoms with van der Waals surface area (Å²) in [6.45, 7) is 2.08.